The van der Waals surface area contributed by atoms with E-state index in [2.05, 4.69) is 13.0 Å². The summed E-state index contributed by atoms with van der Waals surface area (Å²) >= 11 is 0. The molecule has 1 atom stereocenters. The Hall–Kier alpha value is -1.64. The molecule has 0 bridgehead atoms. The number of hydrogen-bond acceptors (Lipinski definition) is 3. The Balaban J connectivity index is 3.26. The molecule has 0 amide bonds. The molecule has 1 rings (SSSR count). The van der Waals surface area contributed by atoms with E-state index in [1.54, 1.807) is 13.8 Å². The minimum atomic E-state index is -0.177. The highest BCUT2D eigenvalue weighted by Crippen LogP contribution is 2.30. The van der Waals surface area contributed by atoms with Gasteiger partial charge in [-0.25, -0.2) is 0 Å². The third-order valence-electron chi connectivity index (χ3n) is 3.63. The number of carbonyl (C=O) groups is 2. The van der Waals surface area contributed by atoms with Crippen molar-refractivity contribution >= 4 is 11.6 Å². The number of carbonyl (C=O) groups excluding carboxylic acids is 2. The lowest BCUT2D eigenvalue weighted by Gasteiger charge is -2.22. The molecule has 3 nitrogen and oxygen atoms in total. The van der Waals surface area contributed by atoms with Crippen LogP contribution in [0.3, 0.4) is 0 Å². The van der Waals surface area contributed by atoms with Gasteiger partial charge >= 0.3 is 0 Å². The maximum Gasteiger partial charge on any atom is 0.224 e. The summed E-state index contributed by atoms with van der Waals surface area (Å²) < 4.78 is 5.05. The Morgan fingerprint density at radius 1 is 1.21 bits per heavy atom. The predicted octanol–water partition coefficient (Wildman–Crippen LogP) is 3.37. The summed E-state index contributed by atoms with van der Waals surface area (Å²) in [6.45, 7) is 9.40. The molecule has 1 unspecified atom stereocenters. The third-order valence-corrected chi connectivity index (χ3v) is 3.63. The molecule has 1 aliphatic rings. The largest absolute Gasteiger partial charge is 0.492 e. The molecule has 0 spiro atoms. The fourth-order valence-corrected chi connectivity index (χ4v) is 2.36. The summed E-state index contributed by atoms with van der Waals surface area (Å²) in [5, 5.41) is 0. The summed E-state index contributed by atoms with van der Waals surface area (Å²) in [7, 11) is 1.42. The molecule has 0 saturated heterocycles. The first-order chi connectivity index (χ1) is 8.84. The second kappa shape index (κ2) is 6.00. The van der Waals surface area contributed by atoms with E-state index < -0.39 is 0 Å². The molecule has 0 N–H and O–H groups in total. The first kappa shape index (κ1) is 15.4. The minimum Gasteiger partial charge on any atom is -0.492 e. The van der Waals surface area contributed by atoms with Crippen molar-refractivity contribution in [3.05, 3.63) is 34.1 Å². The molecular formula is C16H22O3. The van der Waals surface area contributed by atoms with Crippen LogP contribution in [0.4, 0.5) is 0 Å². The second-order valence-corrected chi connectivity index (χ2v) is 5.01. The average Bonchev–Trinajstić information content (AvgIpc) is 2.37. The lowest BCUT2D eigenvalue weighted by atomic mass is 9.82. The van der Waals surface area contributed by atoms with E-state index in [0.29, 0.717) is 16.7 Å². The van der Waals surface area contributed by atoms with E-state index in [9.17, 15) is 9.59 Å². The minimum absolute atomic E-state index is 0.0512. The van der Waals surface area contributed by atoms with E-state index in [1.807, 2.05) is 13.8 Å². The van der Waals surface area contributed by atoms with E-state index in [4.69, 9.17) is 4.74 Å². The molecule has 0 saturated carbocycles. The van der Waals surface area contributed by atoms with Crippen LogP contribution in [0.25, 0.3) is 0 Å². The van der Waals surface area contributed by atoms with Gasteiger partial charge < -0.3 is 4.74 Å². The van der Waals surface area contributed by atoms with Gasteiger partial charge in [-0.15, -0.1) is 0 Å². The van der Waals surface area contributed by atoms with Crippen LogP contribution in [0.5, 0.6) is 0 Å². The number of Topliss-reactive ketones (excluding diaryl/α,β-unsaturated/α-hetero) is 2. The fourth-order valence-electron chi connectivity index (χ4n) is 2.36. The van der Waals surface area contributed by atoms with Gasteiger partial charge in [-0.2, -0.15) is 0 Å². The van der Waals surface area contributed by atoms with E-state index >= 15 is 0 Å². The average molecular weight is 262 g/mol. The highest BCUT2D eigenvalue weighted by molar-refractivity contribution is 6.24. The number of allylic oxidation sites excluding steroid dienone is 5. The van der Waals surface area contributed by atoms with Gasteiger partial charge in [0, 0.05) is 22.6 Å². The van der Waals surface area contributed by atoms with Gasteiger partial charge in [0.25, 0.3) is 0 Å². The van der Waals surface area contributed by atoms with Gasteiger partial charge in [0.15, 0.2) is 11.5 Å². The van der Waals surface area contributed by atoms with E-state index in [1.165, 1.54) is 12.7 Å². The Labute approximate surface area is 115 Å². The zero-order valence-electron chi connectivity index (χ0n) is 12.6. The summed E-state index contributed by atoms with van der Waals surface area (Å²) in [6.07, 6.45) is 2.99. The standard InChI is InChI=1S/C16H22O3/c1-7-9(2)8-10(3)13-11(4)15(18)16(19-6)12(5)14(13)17/h8,10H,7H2,1-6H3/b9-8+. The molecular weight excluding hydrogens is 240 g/mol. The van der Waals surface area contributed by atoms with Crippen molar-refractivity contribution in [3.63, 3.8) is 0 Å². The van der Waals surface area contributed by atoms with E-state index in [-0.39, 0.29) is 23.2 Å². The molecule has 0 fully saturated rings. The maximum absolute atomic E-state index is 12.4. The molecule has 0 radical (unpaired) electrons. The van der Waals surface area contributed by atoms with Gasteiger partial charge in [-0.3, -0.25) is 9.59 Å². The van der Waals surface area contributed by atoms with Gasteiger partial charge in [0.05, 0.1) is 7.11 Å². The molecule has 1 aliphatic carbocycles. The molecule has 19 heavy (non-hydrogen) atoms. The van der Waals surface area contributed by atoms with Gasteiger partial charge in [0.1, 0.15) is 0 Å². The van der Waals surface area contributed by atoms with Gasteiger partial charge in [0.2, 0.25) is 5.78 Å². The molecule has 104 valence electrons. The topological polar surface area (TPSA) is 43.4 Å². The third kappa shape index (κ3) is 2.86. The number of rotatable bonds is 4. The highest BCUT2D eigenvalue weighted by atomic mass is 16.5. The van der Waals surface area contributed by atoms with Crippen LogP contribution < -0.4 is 0 Å². The maximum atomic E-state index is 12.4. The van der Waals surface area contributed by atoms with Crippen molar-refractivity contribution in [1.82, 2.24) is 0 Å². The Kier molecular flexibility index (Phi) is 4.87. The summed E-state index contributed by atoms with van der Waals surface area (Å²) in [5.41, 5.74) is 2.71. The smallest absolute Gasteiger partial charge is 0.224 e. The Morgan fingerprint density at radius 2 is 1.79 bits per heavy atom. The lowest BCUT2D eigenvalue weighted by molar-refractivity contribution is -0.119. The van der Waals surface area contributed by atoms with Crippen molar-refractivity contribution in [2.45, 2.75) is 41.0 Å². The highest BCUT2D eigenvalue weighted by Gasteiger charge is 2.32. The van der Waals surface area contributed by atoms with Crippen LogP contribution in [-0.4, -0.2) is 18.7 Å². The van der Waals surface area contributed by atoms with Gasteiger partial charge in [-0.05, 0) is 27.2 Å². The van der Waals surface area contributed by atoms with Crippen molar-refractivity contribution in [1.29, 1.82) is 0 Å². The van der Waals surface area contributed by atoms with Crippen LogP contribution in [-0.2, 0) is 14.3 Å². The van der Waals surface area contributed by atoms with Crippen LogP contribution in [0, 0.1) is 5.92 Å². The van der Waals surface area contributed by atoms with E-state index in [0.717, 1.165) is 6.42 Å². The molecule has 0 aromatic rings. The molecule has 0 heterocycles. The van der Waals surface area contributed by atoms with Gasteiger partial charge in [-0.1, -0.05) is 25.5 Å². The fraction of sp³-hybridized carbons (Fsp3) is 0.500. The van der Waals surface area contributed by atoms with Crippen molar-refractivity contribution < 1.29 is 14.3 Å². The number of hydrogen-bond donors (Lipinski definition) is 0. The summed E-state index contributed by atoms with van der Waals surface area (Å²) in [5.74, 6) is -0.134. The number of methoxy groups -OCH3 is 1. The van der Waals surface area contributed by atoms with Crippen LogP contribution in [0.1, 0.15) is 41.0 Å². The molecule has 0 aliphatic heterocycles. The predicted molar refractivity (Wildman–Crippen MR) is 75.6 cm³/mol. The Morgan fingerprint density at radius 3 is 2.26 bits per heavy atom. The number of ether oxygens (including phenoxy) is 1. The van der Waals surface area contributed by atoms with Crippen molar-refractivity contribution in [3.8, 4) is 0 Å². The first-order valence-electron chi connectivity index (χ1n) is 6.57. The van der Waals surface area contributed by atoms with Crippen molar-refractivity contribution in [2.75, 3.05) is 7.11 Å². The van der Waals surface area contributed by atoms with Crippen LogP contribution in [0.15, 0.2) is 34.1 Å². The number of ketones is 2. The monoisotopic (exact) mass is 262 g/mol. The quantitative estimate of drug-likeness (QED) is 0.576. The molecule has 0 aromatic heterocycles. The summed E-state index contributed by atoms with van der Waals surface area (Å²) in [4.78, 5) is 24.6. The van der Waals surface area contributed by atoms with Crippen LogP contribution in [0.2, 0.25) is 0 Å². The second-order valence-electron chi connectivity index (χ2n) is 5.01. The van der Waals surface area contributed by atoms with Crippen molar-refractivity contribution in [2.24, 2.45) is 5.92 Å². The zero-order chi connectivity index (χ0) is 14.7. The molecule has 3 heteroatoms. The SMILES string of the molecule is CC/C(C)=C/C(C)C1=C(C)C(=O)C(OC)=C(C)C1=O. The van der Waals surface area contributed by atoms with Crippen LogP contribution >= 0.6 is 0 Å². The first-order valence-corrected chi connectivity index (χ1v) is 6.57. The Bertz CT molecular complexity index is 504. The normalized spacial score (nSPS) is 19.2. The summed E-state index contributed by atoms with van der Waals surface area (Å²) in [6, 6.07) is 0. The lowest BCUT2D eigenvalue weighted by Crippen LogP contribution is -2.25. The zero-order valence-corrected chi connectivity index (χ0v) is 12.6. The molecule has 0 aromatic carbocycles.